The van der Waals surface area contributed by atoms with Crippen molar-refractivity contribution in [2.75, 3.05) is 51.1 Å². The first-order valence-corrected chi connectivity index (χ1v) is 17.6. The summed E-state index contributed by atoms with van der Waals surface area (Å²) in [6.07, 6.45) is 2.02. The average Bonchev–Trinajstić information content (AvgIpc) is 3.10. The second kappa shape index (κ2) is 33.3. The summed E-state index contributed by atoms with van der Waals surface area (Å²) in [7, 11) is 0. The average molecular weight is 711 g/mol. The Morgan fingerprint density at radius 2 is 1.48 bits per heavy atom. The first-order valence-electron chi connectivity index (χ1n) is 17.6. The summed E-state index contributed by atoms with van der Waals surface area (Å²) < 4.78 is 5.32. The van der Waals surface area contributed by atoms with Crippen LogP contribution < -0.4 is 43.0 Å². The smallest absolute Gasteiger partial charge is 0.312 e. The summed E-state index contributed by atoms with van der Waals surface area (Å²) in [6.45, 7) is 23.4. The number of nitrogens with two attached hydrogens (primary N) is 1. The topological polar surface area (TPSA) is 222 Å². The molecule has 0 aliphatic carbocycles. The van der Waals surface area contributed by atoms with E-state index in [-0.39, 0.29) is 42.9 Å². The zero-order valence-electron chi connectivity index (χ0n) is 32.0. The minimum atomic E-state index is -0.443. The summed E-state index contributed by atoms with van der Waals surface area (Å²) in [5.41, 5.74) is 5.97. The van der Waals surface area contributed by atoms with Gasteiger partial charge in [0.2, 0.25) is 18.2 Å². The molecule has 288 valence electrons. The minimum Gasteiger partial charge on any atom is -0.461 e. The van der Waals surface area contributed by atoms with Crippen LogP contribution in [0.3, 0.4) is 0 Å². The van der Waals surface area contributed by atoms with Gasteiger partial charge in [-0.2, -0.15) is 0 Å². The normalized spacial score (nSPS) is 10.9. The van der Waals surface area contributed by atoms with Crippen molar-refractivity contribution in [2.45, 2.75) is 94.7 Å². The van der Waals surface area contributed by atoms with Crippen LogP contribution in [0.25, 0.3) is 0 Å². The van der Waals surface area contributed by atoms with Gasteiger partial charge >= 0.3 is 12.0 Å². The lowest BCUT2D eigenvalue weighted by molar-refractivity contribution is -0.149. The van der Waals surface area contributed by atoms with Crippen LogP contribution in [0.4, 0.5) is 10.5 Å². The largest absolute Gasteiger partial charge is 0.461 e. The Labute approximate surface area is 299 Å². The van der Waals surface area contributed by atoms with Gasteiger partial charge in [0.1, 0.15) is 6.61 Å². The van der Waals surface area contributed by atoms with Crippen molar-refractivity contribution in [1.82, 2.24) is 31.9 Å². The van der Waals surface area contributed by atoms with Gasteiger partial charge < -0.3 is 47.7 Å². The zero-order valence-corrected chi connectivity index (χ0v) is 32.0. The van der Waals surface area contributed by atoms with Gasteiger partial charge in [-0.05, 0) is 50.9 Å². The Morgan fingerprint density at radius 1 is 0.840 bits per heavy atom. The lowest BCUT2D eigenvalue weighted by Gasteiger charge is -2.17. The predicted octanol–water partition coefficient (Wildman–Crippen LogP) is 2.65. The van der Waals surface area contributed by atoms with Crippen molar-refractivity contribution in [3.05, 3.63) is 29.3 Å². The minimum absolute atomic E-state index is 0.0416. The fourth-order valence-electron chi connectivity index (χ4n) is 3.28. The number of esters is 1. The first-order chi connectivity index (χ1) is 23.8. The van der Waals surface area contributed by atoms with Gasteiger partial charge in [-0.3, -0.25) is 24.0 Å². The highest BCUT2D eigenvalue weighted by Crippen LogP contribution is 2.18. The number of benzene rings is 1. The third kappa shape index (κ3) is 27.7. The van der Waals surface area contributed by atoms with Gasteiger partial charge in [-0.25, -0.2) is 4.79 Å². The molecule has 2 unspecified atom stereocenters. The Morgan fingerprint density at radius 3 is 1.98 bits per heavy atom. The maximum absolute atomic E-state index is 12.6. The molecular formula is C35H66N8O7. The number of primary amides is 1. The molecule has 0 aliphatic rings. The van der Waals surface area contributed by atoms with Crippen LogP contribution >= 0.6 is 0 Å². The standard InChI is InChI=1S/C20H30N4O5.C9H20N2O.C4H10N2O.C2H6/c1-4-14(3)20(28)29-12-15-6-7-16(24-18(26)11-22-13-25)10-17(15)19(27)23-9-8-21-5-2;1-5-10-6-9(12)11-8(4)7(2)3;1-2-3-6-4(5)7;1-2/h6-7,10,13-14,21H,4-5,8-9,11-12H2,1-3H3,(H,22,25)(H,23,27)(H,24,26);7-8,10H,5-6H2,1-4H3,(H,11,12);2-3H2,1H3,(H3,5,6,7);1-2H3. The van der Waals surface area contributed by atoms with Gasteiger partial charge in [0.25, 0.3) is 5.91 Å². The van der Waals surface area contributed by atoms with Crippen LogP contribution in [-0.2, 0) is 30.5 Å². The highest BCUT2D eigenvalue weighted by Gasteiger charge is 2.17. The number of carbonyl (C=O) groups excluding carboxylic acids is 6. The van der Waals surface area contributed by atoms with Crippen LogP contribution in [0.2, 0.25) is 0 Å². The molecule has 0 aliphatic heterocycles. The molecule has 0 saturated carbocycles. The summed E-state index contributed by atoms with van der Waals surface area (Å²) in [4.78, 5) is 67.7. The fourth-order valence-corrected chi connectivity index (χ4v) is 3.28. The van der Waals surface area contributed by atoms with E-state index in [1.807, 2.05) is 48.5 Å². The number of anilines is 1. The maximum atomic E-state index is 12.6. The van der Waals surface area contributed by atoms with Crippen LogP contribution in [0.1, 0.15) is 98.0 Å². The summed E-state index contributed by atoms with van der Waals surface area (Å²) in [5, 5.41) is 19.1. The monoisotopic (exact) mass is 711 g/mol. The van der Waals surface area contributed by atoms with Crippen LogP contribution in [0.5, 0.6) is 0 Å². The van der Waals surface area contributed by atoms with E-state index in [0.717, 1.165) is 19.5 Å². The quantitative estimate of drug-likeness (QED) is 0.0565. The molecular weight excluding hydrogens is 644 g/mol. The van der Waals surface area contributed by atoms with Crippen molar-refractivity contribution in [1.29, 1.82) is 0 Å². The van der Waals surface area contributed by atoms with Crippen molar-refractivity contribution < 1.29 is 33.5 Å². The van der Waals surface area contributed by atoms with Gasteiger partial charge in [0.15, 0.2) is 0 Å². The number of carbonyl (C=O) groups is 6. The highest BCUT2D eigenvalue weighted by atomic mass is 16.5. The van der Waals surface area contributed by atoms with E-state index in [1.165, 1.54) is 6.07 Å². The molecule has 50 heavy (non-hydrogen) atoms. The van der Waals surface area contributed by atoms with E-state index >= 15 is 0 Å². The van der Waals surface area contributed by atoms with Crippen molar-refractivity contribution >= 4 is 41.8 Å². The molecule has 0 heterocycles. The van der Waals surface area contributed by atoms with Gasteiger partial charge in [-0.1, -0.05) is 68.4 Å². The van der Waals surface area contributed by atoms with Crippen LogP contribution in [0.15, 0.2) is 18.2 Å². The maximum Gasteiger partial charge on any atom is 0.312 e. The molecule has 0 spiro atoms. The van der Waals surface area contributed by atoms with E-state index in [4.69, 9.17) is 10.5 Å². The molecule has 15 heteroatoms. The summed E-state index contributed by atoms with van der Waals surface area (Å²) in [6, 6.07) is 4.58. The molecule has 0 aromatic heterocycles. The number of nitrogens with one attached hydrogen (secondary N) is 7. The Bertz CT molecular complexity index is 1100. The van der Waals surface area contributed by atoms with Crippen molar-refractivity contribution in [2.24, 2.45) is 17.6 Å². The van der Waals surface area contributed by atoms with Gasteiger partial charge in [0.05, 0.1) is 19.0 Å². The van der Waals surface area contributed by atoms with E-state index in [1.54, 1.807) is 19.1 Å². The molecule has 1 rings (SSSR count). The van der Waals surface area contributed by atoms with Crippen molar-refractivity contribution in [3.8, 4) is 0 Å². The third-order valence-electron chi connectivity index (χ3n) is 6.68. The van der Waals surface area contributed by atoms with E-state index in [2.05, 4.69) is 51.1 Å². The predicted molar refractivity (Wildman–Crippen MR) is 199 cm³/mol. The number of rotatable bonds is 20. The molecule has 2 atom stereocenters. The van der Waals surface area contributed by atoms with E-state index in [0.29, 0.717) is 61.7 Å². The lowest BCUT2D eigenvalue weighted by Crippen LogP contribution is -2.41. The second-order valence-corrected chi connectivity index (χ2v) is 11.1. The molecule has 9 N–H and O–H groups in total. The number of hydrogen-bond donors (Lipinski definition) is 8. The number of ether oxygens (including phenoxy) is 1. The van der Waals surface area contributed by atoms with Crippen LogP contribution in [0, 0.1) is 11.8 Å². The molecule has 1 aromatic carbocycles. The molecule has 0 saturated heterocycles. The molecule has 0 bridgehead atoms. The summed E-state index contributed by atoms with van der Waals surface area (Å²) in [5.74, 6) is -0.737. The first kappa shape index (κ1) is 50.1. The Hall–Kier alpha value is -4.24. The molecule has 1 aromatic rings. The Balaban J connectivity index is -0.000000860. The van der Waals surface area contributed by atoms with Gasteiger partial charge in [0, 0.05) is 42.5 Å². The molecule has 0 fully saturated rings. The van der Waals surface area contributed by atoms with E-state index < -0.39 is 11.9 Å². The zero-order chi connectivity index (χ0) is 38.9. The van der Waals surface area contributed by atoms with Crippen LogP contribution in [-0.4, -0.2) is 88.0 Å². The fraction of sp³-hybridized carbons (Fsp3) is 0.657. The second-order valence-electron chi connectivity index (χ2n) is 11.1. The Kier molecular flexibility index (Phi) is 33.4. The molecule has 15 nitrogen and oxygen atoms in total. The number of amides is 6. The number of likely N-dealkylation sites (N-methyl/N-ethyl adjacent to an activating group) is 2. The molecule has 6 amide bonds. The lowest BCUT2D eigenvalue weighted by atomic mass is 10.1. The number of urea groups is 1. The summed E-state index contributed by atoms with van der Waals surface area (Å²) >= 11 is 0. The van der Waals surface area contributed by atoms with Crippen molar-refractivity contribution in [3.63, 3.8) is 0 Å². The highest BCUT2D eigenvalue weighted by molar-refractivity contribution is 5.99. The number of hydrogen-bond acceptors (Lipinski definition) is 9. The third-order valence-corrected chi connectivity index (χ3v) is 6.68. The van der Waals surface area contributed by atoms with Gasteiger partial charge in [-0.15, -0.1) is 0 Å². The van der Waals surface area contributed by atoms with E-state index in [9.17, 15) is 28.8 Å². The SMILES string of the molecule is CC.CCCNC(N)=O.CCNCC(=O)NC(C)C(C)C.CCNCCNC(=O)c1cc(NC(=O)CNC=O)ccc1COC(=O)C(C)CC. The molecule has 0 radical (unpaired) electrons.